The quantitative estimate of drug-likeness (QED) is 0.782. The standard InChI is InChI=1S/C13H10F2O3/c1-8-5-6-11(17-8)12(16)9-3-2-4-10(7-9)18-13(14)15/h2-7,13H,1H3. The predicted octanol–water partition coefficient (Wildman–Crippen LogP) is 3.42. The summed E-state index contributed by atoms with van der Waals surface area (Å²) in [6.07, 6.45) is 0. The van der Waals surface area contributed by atoms with Crippen LogP contribution in [0.5, 0.6) is 5.75 Å². The van der Waals surface area contributed by atoms with E-state index in [4.69, 9.17) is 4.42 Å². The van der Waals surface area contributed by atoms with E-state index in [1.54, 1.807) is 13.0 Å². The van der Waals surface area contributed by atoms with Crippen molar-refractivity contribution >= 4 is 5.78 Å². The Labute approximate surface area is 102 Å². The number of rotatable bonds is 4. The van der Waals surface area contributed by atoms with E-state index in [1.807, 2.05) is 0 Å². The number of hydrogen-bond acceptors (Lipinski definition) is 3. The van der Waals surface area contributed by atoms with Gasteiger partial charge in [0.2, 0.25) is 5.78 Å². The molecule has 0 bridgehead atoms. The minimum atomic E-state index is -2.92. The second kappa shape index (κ2) is 5.00. The summed E-state index contributed by atoms with van der Waals surface area (Å²) in [7, 11) is 0. The molecule has 0 fully saturated rings. The third-order valence-electron chi connectivity index (χ3n) is 2.29. The molecule has 0 unspecified atom stereocenters. The number of carbonyl (C=O) groups is 1. The molecule has 1 aromatic carbocycles. The number of carbonyl (C=O) groups excluding carboxylic acids is 1. The van der Waals surface area contributed by atoms with Gasteiger partial charge in [-0.25, -0.2) is 0 Å². The molecule has 94 valence electrons. The van der Waals surface area contributed by atoms with Crippen molar-refractivity contribution in [3.63, 3.8) is 0 Å². The van der Waals surface area contributed by atoms with Crippen LogP contribution < -0.4 is 4.74 Å². The Hall–Kier alpha value is -2.17. The lowest BCUT2D eigenvalue weighted by Gasteiger charge is -2.05. The smallest absolute Gasteiger partial charge is 0.387 e. The van der Waals surface area contributed by atoms with Gasteiger partial charge in [0.25, 0.3) is 0 Å². The summed E-state index contributed by atoms with van der Waals surface area (Å²) in [6.45, 7) is -1.20. The Morgan fingerprint density at radius 2 is 2.06 bits per heavy atom. The van der Waals surface area contributed by atoms with Gasteiger partial charge in [0, 0.05) is 5.56 Å². The molecule has 0 aliphatic rings. The molecule has 18 heavy (non-hydrogen) atoms. The fraction of sp³-hybridized carbons (Fsp3) is 0.154. The molecule has 2 rings (SSSR count). The number of benzene rings is 1. The lowest BCUT2D eigenvalue weighted by Crippen LogP contribution is -2.04. The lowest BCUT2D eigenvalue weighted by molar-refractivity contribution is -0.0498. The minimum Gasteiger partial charge on any atom is -0.458 e. The first kappa shape index (κ1) is 12.3. The van der Waals surface area contributed by atoms with Crippen molar-refractivity contribution in [3.05, 3.63) is 53.5 Å². The molecule has 1 heterocycles. The zero-order chi connectivity index (χ0) is 13.1. The highest BCUT2D eigenvalue weighted by atomic mass is 19.3. The van der Waals surface area contributed by atoms with Gasteiger partial charge in [0.05, 0.1) is 0 Å². The van der Waals surface area contributed by atoms with Crippen molar-refractivity contribution in [2.75, 3.05) is 0 Å². The Morgan fingerprint density at radius 3 is 2.67 bits per heavy atom. The Balaban J connectivity index is 2.25. The van der Waals surface area contributed by atoms with E-state index >= 15 is 0 Å². The third kappa shape index (κ3) is 2.74. The summed E-state index contributed by atoms with van der Waals surface area (Å²) >= 11 is 0. The fourth-order valence-electron chi connectivity index (χ4n) is 1.51. The van der Waals surface area contributed by atoms with Crippen LogP contribution in [-0.2, 0) is 0 Å². The van der Waals surface area contributed by atoms with Crippen LogP contribution >= 0.6 is 0 Å². The maximum Gasteiger partial charge on any atom is 0.387 e. The first-order valence-electron chi connectivity index (χ1n) is 5.22. The van der Waals surface area contributed by atoms with Crippen molar-refractivity contribution in [1.29, 1.82) is 0 Å². The molecular weight excluding hydrogens is 242 g/mol. The molecule has 0 amide bonds. The predicted molar refractivity (Wildman–Crippen MR) is 60.0 cm³/mol. The highest BCUT2D eigenvalue weighted by molar-refractivity contribution is 6.07. The monoisotopic (exact) mass is 252 g/mol. The van der Waals surface area contributed by atoms with Crippen LogP contribution in [0, 0.1) is 6.92 Å². The number of aryl methyl sites for hydroxylation is 1. The largest absolute Gasteiger partial charge is 0.458 e. The molecule has 0 aliphatic heterocycles. The molecule has 0 atom stereocenters. The molecule has 0 saturated carbocycles. The van der Waals surface area contributed by atoms with Crippen molar-refractivity contribution in [1.82, 2.24) is 0 Å². The van der Waals surface area contributed by atoms with E-state index < -0.39 is 6.61 Å². The van der Waals surface area contributed by atoms with Gasteiger partial charge in [-0.2, -0.15) is 8.78 Å². The average molecular weight is 252 g/mol. The van der Waals surface area contributed by atoms with E-state index in [1.165, 1.54) is 30.3 Å². The Bertz CT molecular complexity index is 561. The van der Waals surface area contributed by atoms with Crippen LogP contribution in [0.3, 0.4) is 0 Å². The molecule has 0 N–H and O–H groups in total. The lowest BCUT2D eigenvalue weighted by atomic mass is 10.1. The number of hydrogen-bond donors (Lipinski definition) is 0. The van der Waals surface area contributed by atoms with Gasteiger partial charge in [0.1, 0.15) is 11.5 Å². The summed E-state index contributed by atoms with van der Waals surface area (Å²) in [5.41, 5.74) is 0.238. The summed E-state index contributed by atoms with van der Waals surface area (Å²) in [6, 6.07) is 8.80. The van der Waals surface area contributed by atoms with Crippen molar-refractivity contribution in [3.8, 4) is 5.75 Å². The third-order valence-corrected chi connectivity index (χ3v) is 2.29. The van der Waals surface area contributed by atoms with Crippen LogP contribution in [0.15, 0.2) is 40.8 Å². The van der Waals surface area contributed by atoms with E-state index in [2.05, 4.69) is 4.74 Å². The van der Waals surface area contributed by atoms with Gasteiger partial charge in [-0.1, -0.05) is 12.1 Å². The SMILES string of the molecule is Cc1ccc(C(=O)c2cccc(OC(F)F)c2)o1. The highest BCUT2D eigenvalue weighted by Gasteiger charge is 2.14. The second-order valence-electron chi connectivity index (χ2n) is 3.65. The van der Waals surface area contributed by atoms with Crippen LogP contribution in [0.25, 0.3) is 0 Å². The molecule has 3 nitrogen and oxygen atoms in total. The van der Waals surface area contributed by atoms with Crippen LogP contribution in [0.1, 0.15) is 21.9 Å². The highest BCUT2D eigenvalue weighted by Crippen LogP contribution is 2.19. The van der Waals surface area contributed by atoms with Crippen LogP contribution in [0.4, 0.5) is 8.78 Å². The van der Waals surface area contributed by atoms with Crippen LogP contribution in [0.2, 0.25) is 0 Å². The van der Waals surface area contributed by atoms with E-state index in [-0.39, 0.29) is 22.9 Å². The van der Waals surface area contributed by atoms with E-state index in [9.17, 15) is 13.6 Å². The van der Waals surface area contributed by atoms with Crippen molar-refractivity contribution in [2.45, 2.75) is 13.5 Å². The van der Waals surface area contributed by atoms with Crippen molar-refractivity contribution in [2.24, 2.45) is 0 Å². The molecule has 0 spiro atoms. The average Bonchev–Trinajstić information content (AvgIpc) is 2.74. The zero-order valence-corrected chi connectivity index (χ0v) is 9.52. The Kier molecular flexibility index (Phi) is 3.41. The van der Waals surface area contributed by atoms with E-state index in [0.29, 0.717) is 5.76 Å². The fourth-order valence-corrected chi connectivity index (χ4v) is 1.51. The molecule has 0 aliphatic carbocycles. The van der Waals surface area contributed by atoms with E-state index in [0.717, 1.165) is 0 Å². The number of furan rings is 1. The topological polar surface area (TPSA) is 39.4 Å². The van der Waals surface area contributed by atoms with Gasteiger partial charge in [-0.15, -0.1) is 0 Å². The number of ketones is 1. The molecule has 0 saturated heterocycles. The number of ether oxygens (including phenoxy) is 1. The maximum atomic E-state index is 12.1. The summed E-state index contributed by atoms with van der Waals surface area (Å²) in [5, 5.41) is 0. The van der Waals surface area contributed by atoms with Gasteiger partial charge in [0.15, 0.2) is 5.76 Å². The number of halogens is 2. The first-order chi connectivity index (χ1) is 8.56. The number of alkyl halides is 2. The molecular formula is C13H10F2O3. The van der Waals surface area contributed by atoms with Gasteiger partial charge in [-0.05, 0) is 31.2 Å². The zero-order valence-electron chi connectivity index (χ0n) is 9.52. The van der Waals surface area contributed by atoms with Crippen molar-refractivity contribution < 1.29 is 22.7 Å². The van der Waals surface area contributed by atoms with Gasteiger partial charge >= 0.3 is 6.61 Å². The molecule has 2 aromatic rings. The molecule has 0 radical (unpaired) electrons. The first-order valence-corrected chi connectivity index (χ1v) is 5.22. The summed E-state index contributed by atoms with van der Waals surface area (Å²) in [4.78, 5) is 12.0. The minimum absolute atomic E-state index is 0.0564. The maximum absolute atomic E-state index is 12.1. The van der Waals surface area contributed by atoms with Crippen LogP contribution in [-0.4, -0.2) is 12.4 Å². The normalized spacial score (nSPS) is 10.7. The Morgan fingerprint density at radius 1 is 1.28 bits per heavy atom. The molecule has 5 heteroatoms. The van der Waals surface area contributed by atoms with Gasteiger partial charge < -0.3 is 9.15 Å². The summed E-state index contributed by atoms with van der Waals surface area (Å²) in [5.74, 6) is 0.349. The second-order valence-corrected chi connectivity index (χ2v) is 3.65. The molecule has 1 aromatic heterocycles. The summed E-state index contributed by atoms with van der Waals surface area (Å²) < 4.78 is 33.5. The van der Waals surface area contributed by atoms with Gasteiger partial charge in [-0.3, -0.25) is 4.79 Å².